The quantitative estimate of drug-likeness (QED) is 0.168. The van der Waals surface area contributed by atoms with Crippen LogP contribution in [0.5, 0.6) is 0 Å². The first-order valence-corrected chi connectivity index (χ1v) is 17.0. The molecule has 240 valence electrons. The molecule has 0 spiro atoms. The second-order valence-corrected chi connectivity index (χ2v) is 12.5. The summed E-state index contributed by atoms with van der Waals surface area (Å²) in [5.41, 5.74) is 9.06. The summed E-state index contributed by atoms with van der Waals surface area (Å²) in [6.07, 6.45) is 10.8. The van der Waals surface area contributed by atoms with Crippen LogP contribution in [0.2, 0.25) is 0 Å². The molecule has 0 fully saturated rings. The van der Waals surface area contributed by atoms with Crippen molar-refractivity contribution >= 4 is 72.2 Å². The van der Waals surface area contributed by atoms with Gasteiger partial charge < -0.3 is 8.83 Å². The van der Waals surface area contributed by atoms with E-state index in [9.17, 15) is 0 Å². The largest absolute Gasteiger partial charge is 0.456 e. The van der Waals surface area contributed by atoms with Gasteiger partial charge in [-0.05, 0) is 87.7 Å². The Morgan fingerprint density at radius 2 is 1.42 bits per heavy atom. The van der Waals surface area contributed by atoms with Crippen molar-refractivity contribution in [3.05, 3.63) is 187 Å². The molecule has 2 heteroatoms. The van der Waals surface area contributed by atoms with Crippen molar-refractivity contribution in [1.29, 1.82) is 0 Å². The molecule has 8 aromatic rings. The second-order valence-electron chi connectivity index (χ2n) is 12.5. The number of benzene rings is 5. The van der Waals surface area contributed by atoms with Gasteiger partial charge in [0.15, 0.2) is 0 Å². The third-order valence-electron chi connectivity index (χ3n) is 9.42. The molecule has 0 aliphatic heterocycles. The van der Waals surface area contributed by atoms with Gasteiger partial charge in [-0.2, -0.15) is 0 Å². The van der Waals surface area contributed by atoms with Crippen molar-refractivity contribution in [2.45, 2.75) is 13.3 Å². The van der Waals surface area contributed by atoms with Crippen LogP contribution in [0.15, 0.2) is 174 Å². The lowest BCUT2D eigenvalue weighted by atomic mass is 9.94. The molecule has 50 heavy (non-hydrogen) atoms. The average Bonchev–Trinajstić information content (AvgIpc) is 3.71. The molecule has 2 heterocycles. The number of allylic oxidation sites excluding steroid dienone is 4. The summed E-state index contributed by atoms with van der Waals surface area (Å²) in [5.74, 6) is 0. The molecule has 0 aliphatic rings. The van der Waals surface area contributed by atoms with Crippen molar-refractivity contribution in [2.75, 3.05) is 0 Å². The number of hydrogen-bond acceptors (Lipinski definition) is 2. The van der Waals surface area contributed by atoms with Crippen molar-refractivity contribution in [2.24, 2.45) is 0 Å². The summed E-state index contributed by atoms with van der Waals surface area (Å²) >= 11 is 0. The molecule has 0 unspecified atom stereocenters. The van der Waals surface area contributed by atoms with Gasteiger partial charge in [0, 0.05) is 26.8 Å². The van der Waals surface area contributed by atoms with Gasteiger partial charge in [-0.25, -0.2) is 0 Å². The summed E-state index contributed by atoms with van der Waals surface area (Å²) in [6.45, 7) is 10.3. The first-order valence-electron chi connectivity index (χ1n) is 17.0. The molecule has 0 amide bonds. The normalized spacial score (nSPS) is 12.5. The van der Waals surface area contributed by atoms with E-state index in [1.54, 1.807) is 6.08 Å². The van der Waals surface area contributed by atoms with Gasteiger partial charge in [0.2, 0.25) is 0 Å². The van der Waals surface area contributed by atoms with Crippen LogP contribution in [0.1, 0.15) is 18.1 Å². The van der Waals surface area contributed by atoms with E-state index in [1.807, 2.05) is 31.2 Å². The average molecular weight is 645 g/mol. The monoisotopic (exact) mass is 644 g/mol. The Labute approximate surface area is 291 Å². The smallest absolute Gasteiger partial charge is 0.143 e. The van der Waals surface area contributed by atoms with Gasteiger partial charge in [-0.15, -0.1) is 0 Å². The van der Waals surface area contributed by atoms with E-state index >= 15 is 0 Å². The van der Waals surface area contributed by atoms with Crippen LogP contribution in [0.4, 0.5) is 0 Å². The van der Waals surface area contributed by atoms with E-state index in [4.69, 9.17) is 8.83 Å². The Morgan fingerprint density at radius 1 is 0.640 bits per heavy atom. The third kappa shape index (κ3) is 5.61. The predicted molar refractivity (Wildman–Crippen MR) is 214 cm³/mol. The van der Waals surface area contributed by atoms with Gasteiger partial charge in [0.1, 0.15) is 22.2 Å². The van der Waals surface area contributed by atoms with E-state index < -0.39 is 0 Å². The van der Waals surface area contributed by atoms with Crippen molar-refractivity contribution < 1.29 is 8.83 Å². The number of hydrogen-bond donors (Lipinski definition) is 0. The SMILES string of the molecule is C=C/C=C\C(=C)c1ccccccc(-c2cccc(C/C=c3\c(=C/C)oc4c3ccc3cc5c(cc34)oc3ccccc35)c2)c2ccccc12. The first-order chi connectivity index (χ1) is 24.6. The number of fused-ring (bicyclic) bond motifs is 7. The molecule has 2 aromatic heterocycles. The van der Waals surface area contributed by atoms with Crippen LogP contribution in [0, 0.1) is 0 Å². The molecule has 0 saturated carbocycles. The molecule has 8 rings (SSSR count). The Hall–Kier alpha value is -6.38. The molecule has 0 aliphatic carbocycles. The van der Waals surface area contributed by atoms with Crippen LogP contribution in [0.3, 0.4) is 0 Å². The van der Waals surface area contributed by atoms with Crippen molar-refractivity contribution in [3.63, 3.8) is 0 Å². The Kier molecular flexibility index (Phi) is 8.20. The van der Waals surface area contributed by atoms with Crippen LogP contribution in [-0.4, -0.2) is 0 Å². The lowest BCUT2D eigenvalue weighted by Gasteiger charge is -2.10. The Balaban J connectivity index is 1.24. The predicted octanol–water partition coefficient (Wildman–Crippen LogP) is 12.0. The fourth-order valence-electron chi connectivity index (χ4n) is 7.02. The lowest BCUT2D eigenvalue weighted by Crippen LogP contribution is -2.19. The highest BCUT2D eigenvalue weighted by Crippen LogP contribution is 2.35. The van der Waals surface area contributed by atoms with Crippen LogP contribution >= 0.6 is 0 Å². The number of para-hydroxylation sites is 1. The summed E-state index contributed by atoms with van der Waals surface area (Å²) in [5, 5.41) is 8.94. The van der Waals surface area contributed by atoms with Crippen molar-refractivity contribution in [3.8, 4) is 11.1 Å². The number of furan rings is 2. The highest BCUT2D eigenvalue weighted by molar-refractivity contribution is 6.14. The molecule has 0 atom stereocenters. The minimum Gasteiger partial charge on any atom is -0.456 e. The molecule has 0 bridgehead atoms. The van der Waals surface area contributed by atoms with Gasteiger partial charge in [0.05, 0.1) is 0 Å². The van der Waals surface area contributed by atoms with Gasteiger partial charge in [0.25, 0.3) is 0 Å². The summed E-state index contributed by atoms with van der Waals surface area (Å²) < 4.78 is 12.8. The fraction of sp³-hybridized carbons (Fsp3) is 0.0417. The highest BCUT2D eigenvalue weighted by Gasteiger charge is 2.13. The highest BCUT2D eigenvalue weighted by atomic mass is 16.3. The second kappa shape index (κ2) is 13.3. The van der Waals surface area contributed by atoms with Gasteiger partial charge in [-0.3, -0.25) is 0 Å². The van der Waals surface area contributed by atoms with Crippen LogP contribution < -0.4 is 10.6 Å². The third-order valence-corrected chi connectivity index (χ3v) is 9.42. The zero-order valence-electron chi connectivity index (χ0n) is 28.0. The van der Waals surface area contributed by atoms with E-state index in [1.165, 1.54) is 5.56 Å². The summed E-state index contributed by atoms with van der Waals surface area (Å²) in [4.78, 5) is 0. The lowest BCUT2D eigenvalue weighted by molar-refractivity contribution is 0.577. The molecular weight excluding hydrogens is 609 g/mol. The van der Waals surface area contributed by atoms with Crippen molar-refractivity contribution in [1.82, 2.24) is 0 Å². The fourth-order valence-corrected chi connectivity index (χ4v) is 7.02. The zero-order chi connectivity index (χ0) is 34.0. The molecule has 0 saturated heterocycles. The Bertz CT molecular complexity index is 2840. The minimum absolute atomic E-state index is 0.756. The molecule has 0 N–H and O–H groups in total. The standard InChI is InChI=1S/C48H36O2/c1-4-6-16-32(3)36-19-9-7-8-10-20-37(39-22-12-11-21-38(36)39)34-18-15-17-33(29-34)25-27-41-42-28-26-35-30-44-40-23-13-14-24-46(40)49-47(44)31-43(35)48(42)50-45(41)5-2/h4-24,26-31H,1,3,25H2,2H3/b8-7?,9-7?,10-8?,16-6-,19-9?,20-10?,36-19?,37-20?,38-36?,39-37?,41-27-,45-5+. The van der Waals surface area contributed by atoms with Gasteiger partial charge in [-0.1, -0.05) is 147 Å². The number of rotatable bonds is 6. The summed E-state index contributed by atoms with van der Waals surface area (Å²) in [7, 11) is 0. The molecular formula is C48H36O2. The van der Waals surface area contributed by atoms with E-state index in [2.05, 4.69) is 147 Å². The summed E-state index contributed by atoms with van der Waals surface area (Å²) in [6, 6.07) is 47.0. The maximum absolute atomic E-state index is 6.56. The maximum atomic E-state index is 6.56. The maximum Gasteiger partial charge on any atom is 0.143 e. The van der Waals surface area contributed by atoms with E-state index in [0.717, 1.165) is 93.8 Å². The van der Waals surface area contributed by atoms with Gasteiger partial charge >= 0.3 is 0 Å². The zero-order valence-corrected chi connectivity index (χ0v) is 28.0. The molecule has 2 nitrogen and oxygen atoms in total. The first kappa shape index (κ1) is 30.9. The minimum atomic E-state index is 0.756. The molecule has 6 aromatic carbocycles. The molecule has 0 radical (unpaired) electrons. The van der Waals surface area contributed by atoms with E-state index in [0.29, 0.717) is 0 Å². The Morgan fingerprint density at radius 3 is 2.26 bits per heavy atom. The van der Waals surface area contributed by atoms with Crippen LogP contribution in [-0.2, 0) is 6.42 Å². The van der Waals surface area contributed by atoms with E-state index in [-0.39, 0.29) is 0 Å². The van der Waals surface area contributed by atoms with Crippen LogP contribution in [0.25, 0.3) is 83.3 Å². The topological polar surface area (TPSA) is 26.3 Å².